The summed E-state index contributed by atoms with van der Waals surface area (Å²) < 4.78 is 5.73. The van der Waals surface area contributed by atoms with Gasteiger partial charge in [0.15, 0.2) is 0 Å². The van der Waals surface area contributed by atoms with Crippen LogP contribution < -0.4 is 4.74 Å². The van der Waals surface area contributed by atoms with Gasteiger partial charge in [-0.05, 0) is 60.6 Å². The number of ether oxygens (including phenoxy) is 1. The molecule has 3 rings (SSSR count). The lowest BCUT2D eigenvalue weighted by atomic mass is 10.0. The Balaban J connectivity index is 1.52. The van der Waals surface area contributed by atoms with E-state index in [9.17, 15) is 0 Å². The summed E-state index contributed by atoms with van der Waals surface area (Å²) in [5.74, 6) is 0.971. The molecule has 3 aromatic rings. The first kappa shape index (κ1) is 20.1. The van der Waals surface area contributed by atoms with Crippen LogP contribution in [-0.2, 0) is 19.3 Å². The maximum Gasteiger partial charge on any atom is 0.119 e. The van der Waals surface area contributed by atoms with E-state index in [1.54, 1.807) is 0 Å². The van der Waals surface area contributed by atoms with Crippen LogP contribution in [0.2, 0.25) is 0 Å². The van der Waals surface area contributed by atoms with Gasteiger partial charge < -0.3 is 4.74 Å². The number of hydrogen-bond acceptors (Lipinski definition) is 2. The van der Waals surface area contributed by atoms with Crippen molar-refractivity contribution in [1.82, 2.24) is 4.98 Å². The van der Waals surface area contributed by atoms with Gasteiger partial charge in [0.2, 0.25) is 0 Å². The zero-order valence-corrected chi connectivity index (χ0v) is 17.2. The molecule has 0 atom stereocenters. The first-order chi connectivity index (χ1) is 13.8. The Morgan fingerprint density at radius 1 is 0.679 bits per heavy atom. The Labute approximate surface area is 169 Å². The summed E-state index contributed by atoms with van der Waals surface area (Å²) in [5.41, 5.74) is 6.24. The van der Waals surface area contributed by atoms with Crippen LogP contribution in [-0.4, -0.2) is 11.6 Å². The van der Waals surface area contributed by atoms with Gasteiger partial charge in [0, 0.05) is 11.8 Å². The molecule has 1 aromatic heterocycles. The third kappa shape index (κ3) is 5.95. The molecule has 2 aromatic carbocycles. The van der Waals surface area contributed by atoms with Gasteiger partial charge in [-0.3, -0.25) is 4.98 Å². The lowest BCUT2D eigenvalue weighted by molar-refractivity contribution is 0.309. The maximum absolute atomic E-state index is 5.73. The quantitative estimate of drug-likeness (QED) is 0.370. The van der Waals surface area contributed by atoms with Gasteiger partial charge in [0.25, 0.3) is 0 Å². The molecule has 0 N–H and O–H groups in total. The second-order valence-corrected chi connectivity index (χ2v) is 7.34. The molecule has 0 radical (unpaired) electrons. The molecule has 0 fully saturated rings. The van der Waals surface area contributed by atoms with Crippen LogP contribution in [0, 0.1) is 0 Å². The normalized spacial score (nSPS) is 10.8. The highest BCUT2D eigenvalue weighted by Gasteiger charge is 2.02. The van der Waals surface area contributed by atoms with Crippen molar-refractivity contribution in [2.45, 2.75) is 52.4 Å². The number of pyridine rings is 1. The number of rotatable bonds is 10. The lowest BCUT2D eigenvalue weighted by Gasteiger charge is -2.07. The van der Waals surface area contributed by atoms with Crippen molar-refractivity contribution in [1.29, 1.82) is 0 Å². The van der Waals surface area contributed by atoms with Crippen LogP contribution in [0.4, 0.5) is 0 Å². The molecule has 0 saturated heterocycles. The van der Waals surface area contributed by atoms with Crippen molar-refractivity contribution in [3.63, 3.8) is 0 Å². The summed E-state index contributed by atoms with van der Waals surface area (Å²) in [4.78, 5) is 4.61. The zero-order chi connectivity index (χ0) is 19.6. The molecule has 0 aliphatic carbocycles. The highest BCUT2D eigenvalue weighted by Crippen LogP contribution is 2.20. The van der Waals surface area contributed by atoms with E-state index in [-0.39, 0.29) is 0 Å². The molecule has 0 aliphatic rings. The molecule has 0 bridgehead atoms. The molecule has 146 valence electrons. The third-order valence-corrected chi connectivity index (χ3v) is 5.01. The smallest absolute Gasteiger partial charge is 0.119 e. The Kier molecular flexibility index (Phi) is 7.66. The molecular weight excluding hydrogens is 342 g/mol. The molecule has 2 heteroatoms. The SMILES string of the molecule is CCCCOc1ccc(CCc2ccc(-c3ccc(CCC)cn3)cc2)cc1. The summed E-state index contributed by atoms with van der Waals surface area (Å²) in [6.07, 6.45) is 8.61. The molecule has 0 amide bonds. The van der Waals surface area contributed by atoms with Crippen LogP contribution in [0.1, 0.15) is 49.8 Å². The predicted octanol–water partition coefficient (Wildman–Crippen LogP) is 6.67. The van der Waals surface area contributed by atoms with Crippen molar-refractivity contribution in [2.75, 3.05) is 6.61 Å². The van der Waals surface area contributed by atoms with E-state index in [1.807, 2.05) is 6.20 Å². The van der Waals surface area contributed by atoms with E-state index in [0.717, 1.165) is 56.6 Å². The maximum atomic E-state index is 5.73. The Morgan fingerprint density at radius 2 is 1.32 bits per heavy atom. The monoisotopic (exact) mass is 373 g/mol. The van der Waals surface area contributed by atoms with Crippen LogP contribution in [0.15, 0.2) is 66.9 Å². The minimum absolute atomic E-state index is 0.804. The van der Waals surface area contributed by atoms with E-state index in [4.69, 9.17) is 4.74 Å². The lowest BCUT2D eigenvalue weighted by Crippen LogP contribution is -1.97. The first-order valence-electron chi connectivity index (χ1n) is 10.5. The average molecular weight is 374 g/mol. The van der Waals surface area contributed by atoms with E-state index < -0.39 is 0 Å². The van der Waals surface area contributed by atoms with Crippen molar-refractivity contribution in [3.05, 3.63) is 83.6 Å². The molecule has 0 saturated carbocycles. The number of nitrogens with zero attached hydrogens (tertiary/aromatic N) is 1. The molecule has 28 heavy (non-hydrogen) atoms. The number of aryl methyl sites for hydroxylation is 3. The van der Waals surface area contributed by atoms with Crippen molar-refractivity contribution in [2.24, 2.45) is 0 Å². The van der Waals surface area contributed by atoms with E-state index in [1.165, 1.54) is 22.3 Å². The number of benzene rings is 2. The summed E-state index contributed by atoms with van der Waals surface area (Å²) in [6, 6.07) is 21.7. The Hall–Kier alpha value is -2.61. The van der Waals surface area contributed by atoms with E-state index >= 15 is 0 Å². The molecule has 2 nitrogen and oxygen atoms in total. The fraction of sp³-hybridized carbons (Fsp3) is 0.346. The molecule has 0 aliphatic heterocycles. The standard InChI is InChI=1S/C26H31NO/c1-3-5-19-28-25-16-11-22(12-17-25)8-7-21-9-14-24(15-10-21)26-18-13-23(6-4-2)20-27-26/h9-18,20H,3-8,19H2,1-2H3. The predicted molar refractivity (Wildman–Crippen MR) is 118 cm³/mol. The van der Waals surface area contributed by atoms with Gasteiger partial charge in [-0.2, -0.15) is 0 Å². The van der Waals surface area contributed by atoms with E-state index in [0.29, 0.717) is 0 Å². The highest BCUT2D eigenvalue weighted by atomic mass is 16.5. The topological polar surface area (TPSA) is 22.1 Å². The Bertz CT molecular complexity index is 820. The van der Waals surface area contributed by atoms with Gasteiger partial charge in [0.1, 0.15) is 5.75 Å². The van der Waals surface area contributed by atoms with Crippen LogP contribution in [0.3, 0.4) is 0 Å². The van der Waals surface area contributed by atoms with Crippen molar-refractivity contribution in [3.8, 4) is 17.0 Å². The molecular formula is C26H31NO. The Morgan fingerprint density at radius 3 is 1.89 bits per heavy atom. The summed E-state index contributed by atoms with van der Waals surface area (Å²) in [5, 5.41) is 0. The average Bonchev–Trinajstić information content (AvgIpc) is 2.75. The third-order valence-electron chi connectivity index (χ3n) is 5.01. The molecule has 0 spiro atoms. The van der Waals surface area contributed by atoms with Crippen LogP contribution >= 0.6 is 0 Å². The second kappa shape index (κ2) is 10.7. The van der Waals surface area contributed by atoms with Gasteiger partial charge in [-0.25, -0.2) is 0 Å². The van der Waals surface area contributed by atoms with Crippen molar-refractivity contribution < 1.29 is 4.74 Å². The minimum atomic E-state index is 0.804. The number of aromatic nitrogens is 1. The van der Waals surface area contributed by atoms with Gasteiger partial charge in [-0.15, -0.1) is 0 Å². The summed E-state index contributed by atoms with van der Waals surface area (Å²) in [6.45, 7) is 5.18. The zero-order valence-electron chi connectivity index (χ0n) is 17.2. The van der Waals surface area contributed by atoms with Crippen molar-refractivity contribution >= 4 is 0 Å². The molecule has 1 heterocycles. The van der Waals surface area contributed by atoms with Gasteiger partial charge in [-0.1, -0.05) is 69.2 Å². The first-order valence-corrected chi connectivity index (χ1v) is 10.5. The number of hydrogen-bond donors (Lipinski definition) is 0. The van der Waals surface area contributed by atoms with Crippen LogP contribution in [0.25, 0.3) is 11.3 Å². The summed E-state index contributed by atoms with van der Waals surface area (Å²) in [7, 11) is 0. The largest absolute Gasteiger partial charge is 0.494 e. The second-order valence-electron chi connectivity index (χ2n) is 7.34. The van der Waals surface area contributed by atoms with E-state index in [2.05, 4.69) is 79.5 Å². The number of unbranched alkanes of at least 4 members (excludes halogenated alkanes) is 1. The highest BCUT2D eigenvalue weighted by molar-refractivity contribution is 5.59. The van der Waals surface area contributed by atoms with Crippen LogP contribution in [0.5, 0.6) is 5.75 Å². The molecule has 0 unspecified atom stereocenters. The van der Waals surface area contributed by atoms with Gasteiger partial charge in [0.05, 0.1) is 12.3 Å². The summed E-state index contributed by atoms with van der Waals surface area (Å²) >= 11 is 0. The fourth-order valence-corrected chi connectivity index (χ4v) is 3.25. The fourth-order valence-electron chi connectivity index (χ4n) is 3.25. The minimum Gasteiger partial charge on any atom is -0.494 e. The van der Waals surface area contributed by atoms with Gasteiger partial charge >= 0.3 is 0 Å².